The zero-order valence-corrected chi connectivity index (χ0v) is 12.1. The molecule has 1 aromatic carbocycles. The van der Waals surface area contributed by atoms with Gasteiger partial charge in [0.15, 0.2) is 0 Å². The molecule has 0 amide bonds. The van der Waals surface area contributed by atoms with E-state index in [-0.39, 0.29) is 0 Å². The van der Waals surface area contributed by atoms with E-state index in [0.717, 1.165) is 24.3 Å². The number of hydrogen-bond acceptors (Lipinski definition) is 3. The lowest BCUT2D eigenvalue weighted by atomic mass is 9.96. The van der Waals surface area contributed by atoms with Crippen molar-refractivity contribution < 1.29 is 0 Å². The molecule has 1 aliphatic carbocycles. The first kappa shape index (κ1) is 13.4. The second-order valence-electron chi connectivity index (χ2n) is 5.90. The third-order valence-corrected chi connectivity index (χ3v) is 4.52. The van der Waals surface area contributed by atoms with Crippen LogP contribution < -0.4 is 11.1 Å². The van der Waals surface area contributed by atoms with Crippen LogP contribution in [0.5, 0.6) is 0 Å². The number of rotatable bonds is 4. The Morgan fingerprint density at radius 2 is 2.05 bits per heavy atom. The van der Waals surface area contributed by atoms with Crippen molar-refractivity contribution >= 4 is 16.6 Å². The van der Waals surface area contributed by atoms with Crippen LogP contribution in [0.3, 0.4) is 0 Å². The Hall–Kier alpha value is -1.61. The van der Waals surface area contributed by atoms with E-state index in [1.165, 1.54) is 30.3 Å². The summed E-state index contributed by atoms with van der Waals surface area (Å²) in [5.41, 5.74) is 9.20. The molecular formula is C17H23N3. The zero-order chi connectivity index (χ0) is 13.9. The summed E-state index contributed by atoms with van der Waals surface area (Å²) in [6.07, 6.45) is 3.92. The van der Waals surface area contributed by atoms with Crippen LogP contribution in [-0.2, 0) is 0 Å². The molecule has 20 heavy (non-hydrogen) atoms. The van der Waals surface area contributed by atoms with Gasteiger partial charge >= 0.3 is 0 Å². The van der Waals surface area contributed by atoms with Gasteiger partial charge in [0.1, 0.15) is 0 Å². The van der Waals surface area contributed by atoms with Crippen molar-refractivity contribution in [1.29, 1.82) is 0 Å². The van der Waals surface area contributed by atoms with Gasteiger partial charge in [-0.05, 0) is 50.3 Å². The summed E-state index contributed by atoms with van der Waals surface area (Å²) in [4.78, 5) is 4.59. The lowest BCUT2D eigenvalue weighted by Crippen LogP contribution is -2.24. The number of pyridine rings is 1. The first-order valence-electron chi connectivity index (χ1n) is 7.58. The number of benzene rings is 1. The fraction of sp³-hybridized carbons (Fsp3) is 0.471. The molecule has 1 aliphatic rings. The lowest BCUT2D eigenvalue weighted by molar-refractivity contribution is 0.414. The van der Waals surface area contributed by atoms with Gasteiger partial charge in [-0.1, -0.05) is 24.6 Å². The number of para-hydroxylation sites is 1. The Balaban J connectivity index is 1.80. The van der Waals surface area contributed by atoms with Crippen LogP contribution in [0.15, 0.2) is 30.3 Å². The molecule has 1 heterocycles. The van der Waals surface area contributed by atoms with E-state index in [9.17, 15) is 0 Å². The highest BCUT2D eigenvalue weighted by Crippen LogP contribution is 2.32. The maximum atomic E-state index is 5.87. The number of aryl methyl sites for hydroxylation is 1. The monoisotopic (exact) mass is 269 g/mol. The van der Waals surface area contributed by atoms with Crippen LogP contribution in [0.1, 0.15) is 25.0 Å². The minimum atomic E-state index is 0.691. The Kier molecular flexibility index (Phi) is 3.88. The van der Waals surface area contributed by atoms with Crippen molar-refractivity contribution in [3.05, 3.63) is 36.0 Å². The van der Waals surface area contributed by atoms with Crippen LogP contribution in [0.2, 0.25) is 0 Å². The second-order valence-corrected chi connectivity index (χ2v) is 5.90. The summed E-state index contributed by atoms with van der Waals surface area (Å²) in [6.45, 7) is 3.90. The number of fused-ring (bicyclic) bond motifs is 1. The Morgan fingerprint density at radius 3 is 2.90 bits per heavy atom. The third kappa shape index (κ3) is 2.63. The fourth-order valence-corrected chi connectivity index (χ4v) is 3.39. The molecule has 1 aromatic heterocycles. The van der Waals surface area contributed by atoms with Gasteiger partial charge in [-0.3, -0.25) is 4.98 Å². The number of anilines is 1. The van der Waals surface area contributed by atoms with E-state index in [2.05, 4.69) is 41.5 Å². The number of nitrogens with two attached hydrogens (primary N) is 1. The largest absolute Gasteiger partial charge is 0.384 e. The van der Waals surface area contributed by atoms with E-state index >= 15 is 0 Å². The average molecular weight is 269 g/mol. The van der Waals surface area contributed by atoms with E-state index in [1.54, 1.807) is 0 Å². The van der Waals surface area contributed by atoms with Crippen molar-refractivity contribution in [1.82, 2.24) is 4.98 Å². The van der Waals surface area contributed by atoms with Gasteiger partial charge in [0.2, 0.25) is 0 Å². The van der Waals surface area contributed by atoms with Crippen LogP contribution >= 0.6 is 0 Å². The summed E-state index contributed by atoms with van der Waals surface area (Å²) >= 11 is 0. The number of nitrogens with zero attached hydrogens (tertiary/aromatic N) is 1. The molecule has 3 rings (SSSR count). The van der Waals surface area contributed by atoms with Gasteiger partial charge in [-0.15, -0.1) is 0 Å². The highest BCUT2D eigenvalue weighted by Gasteiger charge is 2.25. The van der Waals surface area contributed by atoms with Gasteiger partial charge in [0, 0.05) is 23.3 Å². The summed E-state index contributed by atoms with van der Waals surface area (Å²) in [5, 5.41) is 4.85. The SMILES string of the molecule is Cc1cc(NCC2CCCC2CN)c2ccccc2n1. The normalized spacial score (nSPS) is 22.3. The van der Waals surface area contributed by atoms with E-state index in [4.69, 9.17) is 5.73 Å². The molecule has 1 saturated carbocycles. The maximum Gasteiger partial charge on any atom is 0.0725 e. The molecule has 1 fully saturated rings. The molecular weight excluding hydrogens is 246 g/mol. The third-order valence-electron chi connectivity index (χ3n) is 4.52. The Labute approximate surface area is 120 Å². The van der Waals surface area contributed by atoms with Crippen LogP contribution in [0.4, 0.5) is 5.69 Å². The topological polar surface area (TPSA) is 50.9 Å². The first-order valence-corrected chi connectivity index (χ1v) is 7.58. The molecule has 3 heteroatoms. The van der Waals surface area contributed by atoms with Gasteiger partial charge in [0.25, 0.3) is 0 Å². The van der Waals surface area contributed by atoms with Crippen LogP contribution in [0.25, 0.3) is 10.9 Å². The number of hydrogen-bond donors (Lipinski definition) is 2. The molecule has 0 bridgehead atoms. The predicted molar refractivity (Wildman–Crippen MR) is 84.9 cm³/mol. The molecule has 2 aromatic rings. The highest BCUT2D eigenvalue weighted by molar-refractivity contribution is 5.91. The van der Waals surface area contributed by atoms with Crippen molar-refractivity contribution in [2.24, 2.45) is 17.6 Å². The van der Waals surface area contributed by atoms with E-state index in [1.807, 2.05) is 6.07 Å². The van der Waals surface area contributed by atoms with E-state index < -0.39 is 0 Å². The Bertz CT molecular complexity index is 594. The molecule has 0 spiro atoms. The molecule has 0 radical (unpaired) electrons. The van der Waals surface area contributed by atoms with Crippen LogP contribution in [0, 0.1) is 18.8 Å². The van der Waals surface area contributed by atoms with E-state index in [0.29, 0.717) is 11.8 Å². The summed E-state index contributed by atoms with van der Waals surface area (Å²) < 4.78 is 0. The standard InChI is InChI=1S/C17H23N3/c1-12-9-17(15-7-2-3-8-16(15)20-12)19-11-14-6-4-5-13(14)10-18/h2-3,7-9,13-14H,4-6,10-11,18H2,1H3,(H,19,20). The molecule has 106 valence electrons. The molecule has 0 saturated heterocycles. The van der Waals surface area contributed by atoms with Crippen molar-refractivity contribution in [2.75, 3.05) is 18.4 Å². The second kappa shape index (κ2) is 5.80. The highest BCUT2D eigenvalue weighted by atomic mass is 14.9. The molecule has 3 N–H and O–H groups in total. The number of nitrogens with one attached hydrogen (secondary N) is 1. The Morgan fingerprint density at radius 1 is 1.25 bits per heavy atom. The quantitative estimate of drug-likeness (QED) is 0.895. The van der Waals surface area contributed by atoms with Crippen LogP contribution in [-0.4, -0.2) is 18.1 Å². The minimum Gasteiger partial charge on any atom is -0.384 e. The smallest absolute Gasteiger partial charge is 0.0725 e. The van der Waals surface area contributed by atoms with Gasteiger partial charge in [-0.25, -0.2) is 0 Å². The fourth-order valence-electron chi connectivity index (χ4n) is 3.39. The zero-order valence-electron chi connectivity index (χ0n) is 12.1. The van der Waals surface area contributed by atoms with Gasteiger partial charge < -0.3 is 11.1 Å². The summed E-state index contributed by atoms with van der Waals surface area (Å²) in [5.74, 6) is 1.41. The van der Waals surface area contributed by atoms with Crippen molar-refractivity contribution in [3.8, 4) is 0 Å². The summed E-state index contributed by atoms with van der Waals surface area (Å²) in [6, 6.07) is 10.5. The molecule has 3 nitrogen and oxygen atoms in total. The van der Waals surface area contributed by atoms with Crippen molar-refractivity contribution in [3.63, 3.8) is 0 Å². The van der Waals surface area contributed by atoms with Gasteiger partial charge in [-0.2, -0.15) is 0 Å². The number of aromatic nitrogens is 1. The minimum absolute atomic E-state index is 0.691. The van der Waals surface area contributed by atoms with Gasteiger partial charge in [0.05, 0.1) is 5.52 Å². The summed E-state index contributed by atoms with van der Waals surface area (Å²) in [7, 11) is 0. The lowest BCUT2D eigenvalue weighted by Gasteiger charge is -2.20. The predicted octanol–water partition coefficient (Wildman–Crippen LogP) is 3.33. The average Bonchev–Trinajstić information content (AvgIpc) is 2.92. The maximum absolute atomic E-state index is 5.87. The first-order chi connectivity index (χ1) is 9.78. The molecule has 2 atom stereocenters. The molecule has 0 aliphatic heterocycles. The van der Waals surface area contributed by atoms with Crippen molar-refractivity contribution in [2.45, 2.75) is 26.2 Å². The molecule has 2 unspecified atom stereocenters.